The van der Waals surface area contributed by atoms with E-state index in [1.54, 1.807) is 17.1 Å². The minimum Gasteiger partial charge on any atom is -0.334 e. The molecular formula is C16H19BrN4O. The minimum absolute atomic E-state index is 0.0685. The van der Waals surface area contributed by atoms with Crippen LogP contribution in [0.5, 0.6) is 0 Å². The summed E-state index contributed by atoms with van der Waals surface area (Å²) in [6, 6.07) is 8.14. The van der Waals surface area contributed by atoms with Crippen molar-refractivity contribution in [2.45, 2.75) is 18.9 Å². The molecule has 1 atom stereocenters. The molecule has 0 saturated carbocycles. The number of nitrogens with zero attached hydrogens (tertiary/aromatic N) is 3. The molecule has 6 heteroatoms. The zero-order valence-corrected chi connectivity index (χ0v) is 14.1. The van der Waals surface area contributed by atoms with Gasteiger partial charge in [0.05, 0.1) is 17.4 Å². The SMILES string of the molecule is CNC[C@H]1CCCN1C(=O)c1cnn(-c2cccc(Br)c2)c1. The van der Waals surface area contributed by atoms with Crippen LogP contribution in [0.25, 0.3) is 5.69 Å². The molecule has 116 valence electrons. The summed E-state index contributed by atoms with van der Waals surface area (Å²) in [5, 5.41) is 7.49. The second-order valence-electron chi connectivity index (χ2n) is 5.51. The van der Waals surface area contributed by atoms with E-state index < -0.39 is 0 Å². The third-order valence-corrected chi connectivity index (χ3v) is 4.47. The first-order valence-corrected chi connectivity index (χ1v) is 8.24. The second kappa shape index (κ2) is 6.62. The molecule has 1 aliphatic heterocycles. The quantitative estimate of drug-likeness (QED) is 0.908. The molecular weight excluding hydrogens is 344 g/mol. The van der Waals surface area contributed by atoms with Gasteiger partial charge < -0.3 is 10.2 Å². The fraction of sp³-hybridized carbons (Fsp3) is 0.375. The summed E-state index contributed by atoms with van der Waals surface area (Å²) in [6.45, 7) is 1.67. The van der Waals surface area contributed by atoms with Gasteiger partial charge in [0.2, 0.25) is 0 Å². The molecule has 1 fully saturated rings. The molecule has 1 saturated heterocycles. The van der Waals surface area contributed by atoms with Gasteiger partial charge in [0, 0.05) is 29.8 Å². The van der Waals surface area contributed by atoms with E-state index in [0.29, 0.717) is 5.56 Å². The highest BCUT2D eigenvalue weighted by atomic mass is 79.9. The first-order valence-electron chi connectivity index (χ1n) is 7.45. The number of carbonyl (C=O) groups excluding carboxylic acids is 1. The number of hydrogen-bond acceptors (Lipinski definition) is 3. The molecule has 0 bridgehead atoms. The normalized spacial score (nSPS) is 17.9. The van der Waals surface area contributed by atoms with Crippen LogP contribution in [0.1, 0.15) is 23.2 Å². The molecule has 0 aliphatic carbocycles. The van der Waals surface area contributed by atoms with E-state index in [1.807, 2.05) is 36.2 Å². The zero-order chi connectivity index (χ0) is 15.5. The number of halogens is 1. The lowest BCUT2D eigenvalue weighted by Gasteiger charge is -2.23. The number of carbonyl (C=O) groups is 1. The highest BCUT2D eigenvalue weighted by Crippen LogP contribution is 2.20. The summed E-state index contributed by atoms with van der Waals surface area (Å²) in [5.41, 5.74) is 1.57. The van der Waals surface area contributed by atoms with Gasteiger partial charge in [-0.15, -0.1) is 0 Å². The number of nitrogens with one attached hydrogen (secondary N) is 1. The maximum Gasteiger partial charge on any atom is 0.257 e. The zero-order valence-electron chi connectivity index (χ0n) is 12.5. The van der Waals surface area contributed by atoms with Crippen LogP contribution in [-0.4, -0.2) is 46.8 Å². The van der Waals surface area contributed by atoms with Gasteiger partial charge in [-0.2, -0.15) is 5.10 Å². The Labute approximate surface area is 138 Å². The predicted octanol–water partition coefficient (Wildman–Crippen LogP) is 2.46. The van der Waals surface area contributed by atoms with Crippen molar-refractivity contribution >= 4 is 21.8 Å². The van der Waals surface area contributed by atoms with Crippen LogP contribution in [0.4, 0.5) is 0 Å². The monoisotopic (exact) mass is 362 g/mol. The van der Waals surface area contributed by atoms with Gasteiger partial charge >= 0.3 is 0 Å². The summed E-state index contributed by atoms with van der Waals surface area (Å²) in [4.78, 5) is 14.6. The van der Waals surface area contributed by atoms with Crippen molar-refractivity contribution in [3.8, 4) is 5.69 Å². The highest BCUT2D eigenvalue weighted by molar-refractivity contribution is 9.10. The van der Waals surface area contributed by atoms with Gasteiger partial charge in [-0.1, -0.05) is 22.0 Å². The average Bonchev–Trinajstić information content (AvgIpc) is 3.16. The molecule has 0 unspecified atom stereocenters. The van der Waals surface area contributed by atoms with Crippen molar-refractivity contribution in [2.24, 2.45) is 0 Å². The predicted molar refractivity (Wildman–Crippen MR) is 89.2 cm³/mol. The third kappa shape index (κ3) is 3.08. The van der Waals surface area contributed by atoms with Crippen molar-refractivity contribution < 1.29 is 4.79 Å². The number of aromatic nitrogens is 2. The van der Waals surface area contributed by atoms with Crippen molar-refractivity contribution in [1.82, 2.24) is 20.0 Å². The van der Waals surface area contributed by atoms with E-state index in [-0.39, 0.29) is 11.9 Å². The van der Waals surface area contributed by atoms with E-state index >= 15 is 0 Å². The van der Waals surface area contributed by atoms with E-state index in [1.165, 1.54) is 0 Å². The lowest BCUT2D eigenvalue weighted by Crippen LogP contribution is -2.40. The Morgan fingerprint density at radius 3 is 3.14 bits per heavy atom. The topological polar surface area (TPSA) is 50.2 Å². The number of likely N-dealkylation sites (tertiary alicyclic amines) is 1. The van der Waals surface area contributed by atoms with Crippen molar-refractivity contribution in [1.29, 1.82) is 0 Å². The van der Waals surface area contributed by atoms with Gasteiger partial charge in [0.1, 0.15) is 0 Å². The van der Waals surface area contributed by atoms with Gasteiger partial charge in [0.25, 0.3) is 5.91 Å². The van der Waals surface area contributed by atoms with Crippen LogP contribution in [0.2, 0.25) is 0 Å². The molecule has 0 radical (unpaired) electrons. The molecule has 2 aromatic rings. The number of benzene rings is 1. The Kier molecular flexibility index (Phi) is 4.59. The van der Waals surface area contributed by atoms with Crippen LogP contribution in [0.3, 0.4) is 0 Å². The van der Waals surface area contributed by atoms with Crippen LogP contribution in [-0.2, 0) is 0 Å². The first-order chi connectivity index (χ1) is 10.7. The number of amides is 1. The van der Waals surface area contributed by atoms with Crippen LogP contribution in [0.15, 0.2) is 41.1 Å². The Morgan fingerprint density at radius 2 is 2.36 bits per heavy atom. The number of rotatable bonds is 4. The molecule has 2 heterocycles. The van der Waals surface area contributed by atoms with E-state index in [0.717, 1.165) is 36.1 Å². The molecule has 1 aliphatic rings. The molecule has 1 N–H and O–H groups in total. The summed E-state index contributed by atoms with van der Waals surface area (Å²) in [7, 11) is 1.92. The fourth-order valence-corrected chi connectivity index (χ4v) is 3.30. The summed E-state index contributed by atoms with van der Waals surface area (Å²) in [6.07, 6.45) is 5.58. The summed E-state index contributed by atoms with van der Waals surface area (Å²) in [5.74, 6) is 0.0685. The molecule has 1 amide bonds. The maximum absolute atomic E-state index is 12.7. The Bertz CT molecular complexity index is 670. The van der Waals surface area contributed by atoms with Crippen molar-refractivity contribution in [3.05, 3.63) is 46.7 Å². The van der Waals surface area contributed by atoms with Crippen molar-refractivity contribution in [2.75, 3.05) is 20.1 Å². The largest absolute Gasteiger partial charge is 0.334 e. The van der Waals surface area contributed by atoms with Crippen LogP contribution >= 0.6 is 15.9 Å². The number of hydrogen-bond donors (Lipinski definition) is 1. The van der Waals surface area contributed by atoms with E-state index in [4.69, 9.17) is 0 Å². The van der Waals surface area contributed by atoms with E-state index in [9.17, 15) is 4.79 Å². The lowest BCUT2D eigenvalue weighted by molar-refractivity contribution is 0.0737. The second-order valence-corrected chi connectivity index (χ2v) is 6.42. The average molecular weight is 363 g/mol. The van der Waals surface area contributed by atoms with Crippen LogP contribution < -0.4 is 5.32 Å². The highest BCUT2D eigenvalue weighted by Gasteiger charge is 2.29. The molecule has 1 aromatic carbocycles. The minimum atomic E-state index is 0.0685. The Hall–Kier alpha value is -1.66. The molecule has 5 nitrogen and oxygen atoms in total. The van der Waals surface area contributed by atoms with Gasteiger partial charge in [-0.3, -0.25) is 4.79 Å². The molecule has 22 heavy (non-hydrogen) atoms. The first kappa shape index (κ1) is 15.2. The Morgan fingerprint density at radius 1 is 1.50 bits per heavy atom. The smallest absolute Gasteiger partial charge is 0.257 e. The third-order valence-electron chi connectivity index (χ3n) is 3.98. The molecule has 1 aromatic heterocycles. The Balaban J connectivity index is 1.80. The van der Waals surface area contributed by atoms with E-state index in [2.05, 4.69) is 26.3 Å². The maximum atomic E-state index is 12.7. The van der Waals surface area contributed by atoms with Gasteiger partial charge in [-0.05, 0) is 38.1 Å². The summed E-state index contributed by atoms with van der Waals surface area (Å²) < 4.78 is 2.73. The summed E-state index contributed by atoms with van der Waals surface area (Å²) >= 11 is 3.45. The van der Waals surface area contributed by atoms with Gasteiger partial charge in [0.15, 0.2) is 0 Å². The lowest BCUT2D eigenvalue weighted by atomic mass is 10.2. The molecule has 0 spiro atoms. The fourth-order valence-electron chi connectivity index (χ4n) is 2.91. The van der Waals surface area contributed by atoms with Gasteiger partial charge in [-0.25, -0.2) is 4.68 Å². The number of likely N-dealkylation sites (N-methyl/N-ethyl adjacent to an activating group) is 1. The standard InChI is InChI=1S/C16H19BrN4O/c1-18-10-15-6-3-7-20(15)16(22)12-9-19-21(11-12)14-5-2-4-13(17)8-14/h2,4-5,8-9,11,15,18H,3,6-7,10H2,1H3/t15-/m1/s1. The van der Waals surface area contributed by atoms with Crippen LogP contribution in [0, 0.1) is 0 Å². The van der Waals surface area contributed by atoms with Crippen molar-refractivity contribution in [3.63, 3.8) is 0 Å². The molecule has 3 rings (SSSR count).